The van der Waals surface area contributed by atoms with Gasteiger partial charge in [-0.05, 0) is 31.1 Å². The summed E-state index contributed by atoms with van der Waals surface area (Å²) in [6, 6.07) is 0. The standard InChI is InChI=1S/C14H28P/c1-2-3-4-5-6-7-8-9-10-13-15-14-11-12-14/h14H,2-13H2,1H3. The molecule has 0 heterocycles. The molecule has 1 heteroatoms. The van der Waals surface area contributed by atoms with Crippen LogP contribution >= 0.6 is 8.58 Å². The summed E-state index contributed by atoms with van der Waals surface area (Å²) in [7, 11) is 1.76. The molecule has 0 aliphatic heterocycles. The van der Waals surface area contributed by atoms with Crippen molar-refractivity contribution in [1.82, 2.24) is 0 Å². The molecule has 0 N–H and O–H groups in total. The van der Waals surface area contributed by atoms with Crippen molar-refractivity contribution < 1.29 is 0 Å². The van der Waals surface area contributed by atoms with Crippen LogP contribution in [0.5, 0.6) is 0 Å². The first-order valence-electron chi connectivity index (χ1n) is 7.10. The smallest absolute Gasteiger partial charge is 0.0170 e. The highest BCUT2D eigenvalue weighted by atomic mass is 31.1. The topological polar surface area (TPSA) is 0 Å². The van der Waals surface area contributed by atoms with Gasteiger partial charge in [-0.1, -0.05) is 66.9 Å². The third-order valence-electron chi connectivity index (χ3n) is 3.20. The van der Waals surface area contributed by atoms with E-state index in [1.54, 1.807) is 8.58 Å². The lowest BCUT2D eigenvalue weighted by atomic mass is 10.1. The van der Waals surface area contributed by atoms with Gasteiger partial charge in [0.05, 0.1) is 0 Å². The van der Waals surface area contributed by atoms with Gasteiger partial charge in [0.2, 0.25) is 0 Å². The summed E-state index contributed by atoms with van der Waals surface area (Å²) < 4.78 is 0. The van der Waals surface area contributed by atoms with Crippen LogP contribution in [0.2, 0.25) is 0 Å². The molecular formula is C14H28P. The maximum atomic E-state index is 2.29. The van der Waals surface area contributed by atoms with Crippen molar-refractivity contribution in [2.75, 3.05) is 6.16 Å². The van der Waals surface area contributed by atoms with Gasteiger partial charge >= 0.3 is 0 Å². The fraction of sp³-hybridized carbons (Fsp3) is 1.00. The maximum Gasteiger partial charge on any atom is -0.0170 e. The van der Waals surface area contributed by atoms with E-state index >= 15 is 0 Å². The maximum absolute atomic E-state index is 2.29. The van der Waals surface area contributed by atoms with Gasteiger partial charge in [-0.3, -0.25) is 0 Å². The molecule has 1 radical (unpaired) electrons. The lowest BCUT2D eigenvalue weighted by molar-refractivity contribution is 0.573. The van der Waals surface area contributed by atoms with Crippen molar-refractivity contribution in [1.29, 1.82) is 0 Å². The van der Waals surface area contributed by atoms with Crippen molar-refractivity contribution in [2.45, 2.75) is 83.2 Å². The second-order valence-electron chi connectivity index (χ2n) is 4.97. The highest BCUT2D eigenvalue weighted by Gasteiger charge is 2.20. The fourth-order valence-corrected chi connectivity index (χ4v) is 3.24. The first-order valence-corrected chi connectivity index (χ1v) is 8.25. The highest BCUT2D eigenvalue weighted by Crippen LogP contribution is 2.39. The van der Waals surface area contributed by atoms with Gasteiger partial charge in [-0.15, -0.1) is 0 Å². The molecule has 0 amide bonds. The summed E-state index contributed by atoms with van der Waals surface area (Å²) in [4.78, 5) is 0. The number of hydrogen-bond acceptors (Lipinski definition) is 0. The van der Waals surface area contributed by atoms with Gasteiger partial charge in [0.1, 0.15) is 0 Å². The second kappa shape index (κ2) is 9.64. The minimum absolute atomic E-state index is 1.12. The predicted molar refractivity (Wildman–Crippen MR) is 72.0 cm³/mol. The Hall–Kier alpha value is 0.430. The quantitative estimate of drug-likeness (QED) is 0.317. The molecule has 1 fully saturated rings. The molecule has 89 valence electrons. The molecule has 15 heavy (non-hydrogen) atoms. The second-order valence-corrected chi connectivity index (χ2v) is 6.51. The van der Waals surface area contributed by atoms with Crippen molar-refractivity contribution in [2.24, 2.45) is 0 Å². The zero-order chi connectivity index (χ0) is 10.8. The van der Waals surface area contributed by atoms with Crippen LogP contribution in [-0.4, -0.2) is 11.8 Å². The molecule has 0 spiro atoms. The summed E-state index contributed by atoms with van der Waals surface area (Å²) in [5.41, 5.74) is 1.12. The van der Waals surface area contributed by atoms with E-state index in [1.807, 2.05) is 0 Å². The van der Waals surface area contributed by atoms with Crippen LogP contribution in [0, 0.1) is 0 Å². The Labute approximate surface area is 98.4 Å². The molecule has 0 nitrogen and oxygen atoms in total. The highest BCUT2D eigenvalue weighted by molar-refractivity contribution is 7.39. The van der Waals surface area contributed by atoms with Crippen molar-refractivity contribution >= 4 is 8.58 Å². The van der Waals surface area contributed by atoms with Gasteiger partial charge in [-0.2, -0.15) is 0 Å². The van der Waals surface area contributed by atoms with E-state index < -0.39 is 0 Å². The van der Waals surface area contributed by atoms with Gasteiger partial charge in [0.25, 0.3) is 0 Å². The van der Waals surface area contributed by atoms with E-state index in [2.05, 4.69) is 6.92 Å². The predicted octanol–water partition coefficient (Wildman–Crippen LogP) is 5.63. The molecule has 1 rings (SSSR count). The molecule has 1 aliphatic rings. The molecule has 0 atom stereocenters. The Balaban J connectivity index is 1.62. The van der Waals surface area contributed by atoms with Gasteiger partial charge < -0.3 is 0 Å². The normalized spacial score (nSPS) is 16.6. The zero-order valence-electron chi connectivity index (χ0n) is 10.5. The lowest BCUT2D eigenvalue weighted by Crippen LogP contribution is -1.83. The first-order chi connectivity index (χ1) is 7.43. The Morgan fingerprint density at radius 1 is 0.800 bits per heavy atom. The Bertz CT molecular complexity index is 129. The summed E-state index contributed by atoms with van der Waals surface area (Å²) in [6.45, 7) is 2.29. The average molecular weight is 227 g/mol. The van der Waals surface area contributed by atoms with Crippen LogP contribution in [0.25, 0.3) is 0 Å². The molecule has 0 unspecified atom stereocenters. The minimum atomic E-state index is 1.12. The summed E-state index contributed by atoms with van der Waals surface area (Å²) in [5, 5.41) is 0. The molecule has 1 saturated carbocycles. The SMILES string of the molecule is CCCCCCCCCCC[P]C1CC1. The third-order valence-corrected chi connectivity index (χ3v) is 4.80. The minimum Gasteiger partial charge on any atom is -0.0775 e. The molecule has 0 aromatic heterocycles. The average Bonchev–Trinajstić information content (AvgIpc) is 3.05. The van der Waals surface area contributed by atoms with Crippen LogP contribution in [0.3, 0.4) is 0 Å². The molecular weight excluding hydrogens is 199 g/mol. The van der Waals surface area contributed by atoms with Gasteiger partial charge in [0, 0.05) is 0 Å². The Morgan fingerprint density at radius 2 is 1.33 bits per heavy atom. The van der Waals surface area contributed by atoms with Crippen LogP contribution < -0.4 is 0 Å². The van der Waals surface area contributed by atoms with Gasteiger partial charge in [0.15, 0.2) is 0 Å². The molecule has 0 aromatic rings. The van der Waals surface area contributed by atoms with Crippen LogP contribution in [0.4, 0.5) is 0 Å². The van der Waals surface area contributed by atoms with Crippen molar-refractivity contribution in [3.8, 4) is 0 Å². The van der Waals surface area contributed by atoms with E-state index in [1.165, 1.54) is 76.8 Å². The lowest BCUT2D eigenvalue weighted by Gasteiger charge is -2.01. The monoisotopic (exact) mass is 227 g/mol. The first kappa shape index (κ1) is 13.5. The fourth-order valence-electron chi connectivity index (χ4n) is 1.95. The van der Waals surface area contributed by atoms with Crippen molar-refractivity contribution in [3.63, 3.8) is 0 Å². The van der Waals surface area contributed by atoms with E-state index in [0.717, 1.165) is 5.66 Å². The number of rotatable bonds is 11. The largest absolute Gasteiger partial charge is 0.0775 e. The van der Waals surface area contributed by atoms with E-state index in [0.29, 0.717) is 0 Å². The number of hydrogen-bond donors (Lipinski definition) is 0. The molecule has 0 bridgehead atoms. The number of unbranched alkanes of at least 4 members (excludes halogenated alkanes) is 8. The van der Waals surface area contributed by atoms with E-state index in [9.17, 15) is 0 Å². The molecule has 1 aliphatic carbocycles. The summed E-state index contributed by atoms with van der Waals surface area (Å²) in [5.74, 6) is 0. The van der Waals surface area contributed by atoms with E-state index in [-0.39, 0.29) is 0 Å². The molecule has 0 saturated heterocycles. The summed E-state index contributed by atoms with van der Waals surface area (Å²) >= 11 is 0. The third kappa shape index (κ3) is 9.36. The van der Waals surface area contributed by atoms with Crippen LogP contribution in [-0.2, 0) is 0 Å². The Morgan fingerprint density at radius 3 is 1.87 bits per heavy atom. The van der Waals surface area contributed by atoms with Gasteiger partial charge in [-0.25, -0.2) is 0 Å². The van der Waals surface area contributed by atoms with Crippen LogP contribution in [0.1, 0.15) is 77.6 Å². The molecule has 0 aromatic carbocycles. The summed E-state index contributed by atoms with van der Waals surface area (Å²) in [6.07, 6.45) is 17.8. The van der Waals surface area contributed by atoms with E-state index in [4.69, 9.17) is 0 Å². The van der Waals surface area contributed by atoms with Crippen molar-refractivity contribution in [3.05, 3.63) is 0 Å². The van der Waals surface area contributed by atoms with Crippen LogP contribution in [0.15, 0.2) is 0 Å². The Kier molecular flexibility index (Phi) is 8.67. The zero-order valence-corrected chi connectivity index (χ0v) is 11.4.